The van der Waals surface area contributed by atoms with E-state index in [1.165, 1.54) is 19.2 Å². The van der Waals surface area contributed by atoms with Crippen LogP contribution in [-0.4, -0.2) is 40.6 Å². The number of hydrogen-bond donors (Lipinski definition) is 2. The maximum absolute atomic E-state index is 12.2. The lowest BCUT2D eigenvalue weighted by atomic mass is 10.1. The number of hydrogen-bond acceptors (Lipinski definition) is 4. The smallest absolute Gasteiger partial charge is 0.251 e. The third-order valence-corrected chi connectivity index (χ3v) is 4.87. The molecular weight excluding hydrogens is 292 g/mol. The van der Waals surface area contributed by atoms with Crippen molar-refractivity contribution in [2.45, 2.75) is 30.2 Å². The van der Waals surface area contributed by atoms with E-state index in [4.69, 9.17) is 4.74 Å². The fourth-order valence-electron chi connectivity index (χ4n) is 2.24. The van der Waals surface area contributed by atoms with Crippen molar-refractivity contribution in [1.82, 2.24) is 10.0 Å². The number of nitrogens with one attached hydrogen (secondary N) is 2. The summed E-state index contributed by atoms with van der Waals surface area (Å²) in [5.41, 5.74) is 0.344. The highest BCUT2D eigenvalue weighted by Gasteiger charge is 2.18. The van der Waals surface area contributed by atoms with Crippen molar-refractivity contribution < 1.29 is 17.9 Å². The first-order chi connectivity index (χ1) is 10.0. The molecule has 1 amide bonds. The monoisotopic (exact) mass is 312 g/mol. The van der Waals surface area contributed by atoms with Crippen LogP contribution in [0.4, 0.5) is 0 Å². The highest BCUT2D eigenvalue weighted by molar-refractivity contribution is 7.89. The van der Waals surface area contributed by atoms with E-state index in [-0.39, 0.29) is 16.8 Å². The lowest BCUT2D eigenvalue weighted by molar-refractivity contribution is 0.0929. The van der Waals surface area contributed by atoms with E-state index in [0.717, 1.165) is 25.9 Å². The van der Waals surface area contributed by atoms with E-state index in [1.54, 1.807) is 12.1 Å². The Hall–Kier alpha value is -1.44. The minimum Gasteiger partial charge on any atom is -0.381 e. The van der Waals surface area contributed by atoms with Crippen molar-refractivity contribution in [3.8, 4) is 0 Å². The van der Waals surface area contributed by atoms with E-state index in [2.05, 4.69) is 10.0 Å². The molecule has 1 unspecified atom stereocenters. The zero-order valence-electron chi connectivity index (χ0n) is 12.0. The Morgan fingerprint density at radius 3 is 2.86 bits per heavy atom. The predicted molar refractivity (Wildman–Crippen MR) is 78.6 cm³/mol. The summed E-state index contributed by atoms with van der Waals surface area (Å²) in [6.07, 6.45) is 2.57. The van der Waals surface area contributed by atoms with Gasteiger partial charge in [-0.15, -0.1) is 0 Å². The number of amides is 1. The highest BCUT2D eigenvalue weighted by atomic mass is 32.2. The van der Waals surface area contributed by atoms with E-state index in [9.17, 15) is 13.2 Å². The molecule has 1 atom stereocenters. The summed E-state index contributed by atoms with van der Waals surface area (Å²) in [4.78, 5) is 12.3. The molecular formula is C14H20N2O4S. The molecule has 116 valence electrons. The average molecular weight is 312 g/mol. The van der Waals surface area contributed by atoms with Gasteiger partial charge in [-0.3, -0.25) is 4.79 Å². The first-order valence-corrected chi connectivity index (χ1v) is 8.43. The maximum atomic E-state index is 12.2. The number of sulfonamides is 1. The number of carbonyl (C=O) groups excluding carboxylic acids is 1. The quantitative estimate of drug-likeness (QED) is 0.865. The Balaban J connectivity index is 2.10. The molecule has 1 saturated heterocycles. The van der Waals surface area contributed by atoms with Gasteiger partial charge in [0.1, 0.15) is 0 Å². The number of ether oxygens (including phenoxy) is 1. The van der Waals surface area contributed by atoms with Gasteiger partial charge >= 0.3 is 0 Å². The Morgan fingerprint density at radius 2 is 2.10 bits per heavy atom. The summed E-state index contributed by atoms with van der Waals surface area (Å²) in [5.74, 6) is -0.255. The van der Waals surface area contributed by atoms with Crippen LogP contribution < -0.4 is 10.0 Å². The summed E-state index contributed by atoms with van der Waals surface area (Å²) in [5, 5.41) is 2.94. The molecule has 1 aliphatic rings. The molecule has 1 aromatic rings. The third kappa shape index (κ3) is 4.26. The molecule has 1 aromatic carbocycles. The standard InChI is InChI=1S/C14H20N2O4S/c1-15-21(18,19)13-6-2-4-11(10-13)14(17)16-12-5-3-8-20-9-7-12/h2,4,6,10,12,15H,3,5,7-9H2,1H3,(H,16,17). The summed E-state index contributed by atoms with van der Waals surface area (Å²) >= 11 is 0. The molecule has 21 heavy (non-hydrogen) atoms. The minimum absolute atomic E-state index is 0.0737. The molecule has 7 heteroatoms. The van der Waals surface area contributed by atoms with Gasteiger partial charge in [-0.1, -0.05) is 6.07 Å². The van der Waals surface area contributed by atoms with Crippen molar-refractivity contribution >= 4 is 15.9 Å². The summed E-state index contributed by atoms with van der Waals surface area (Å²) < 4.78 is 31.1. The maximum Gasteiger partial charge on any atom is 0.251 e. The number of rotatable bonds is 4. The van der Waals surface area contributed by atoms with Gasteiger partial charge in [0, 0.05) is 24.8 Å². The van der Waals surface area contributed by atoms with Crippen molar-refractivity contribution in [3.05, 3.63) is 29.8 Å². The molecule has 0 aliphatic carbocycles. The normalized spacial score (nSPS) is 19.8. The van der Waals surface area contributed by atoms with Gasteiger partial charge < -0.3 is 10.1 Å². The average Bonchev–Trinajstić information content (AvgIpc) is 2.76. The Labute approximate surface area is 124 Å². The van der Waals surface area contributed by atoms with Crippen molar-refractivity contribution in [3.63, 3.8) is 0 Å². The van der Waals surface area contributed by atoms with Crippen LogP contribution in [0.3, 0.4) is 0 Å². The van der Waals surface area contributed by atoms with Crippen LogP contribution in [0.15, 0.2) is 29.2 Å². The third-order valence-electron chi connectivity index (χ3n) is 3.46. The topological polar surface area (TPSA) is 84.5 Å². The second kappa shape index (κ2) is 7.02. The van der Waals surface area contributed by atoms with Gasteiger partial charge in [-0.2, -0.15) is 0 Å². The fourth-order valence-corrected chi connectivity index (χ4v) is 3.01. The van der Waals surface area contributed by atoms with Crippen molar-refractivity contribution in [2.24, 2.45) is 0 Å². The fraction of sp³-hybridized carbons (Fsp3) is 0.500. The molecule has 2 N–H and O–H groups in total. The van der Waals surface area contributed by atoms with Gasteiger partial charge in [0.05, 0.1) is 4.90 Å². The molecule has 1 fully saturated rings. The van der Waals surface area contributed by atoms with E-state index >= 15 is 0 Å². The Morgan fingerprint density at radius 1 is 1.29 bits per heavy atom. The van der Waals surface area contributed by atoms with E-state index < -0.39 is 10.0 Å². The van der Waals surface area contributed by atoms with Gasteiger partial charge in [0.2, 0.25) is 10.0 Å². The van der Waals surface area contributed by atoms with Crippen molar-refractivity contribution in [1.29, 1.82) is 0 Å². The van der Waals surface area contributed by atoms with Gasteiger partial charge in [0.25, 0.3) is 5.91 Å². The Kier molecular flexibility index (Phi) is 5.33. The predicted octanol–water partition coefficient (Wildman–Crippen LogP) is 0.894. The SMILES string of the molecule is CNS(=O)(=O)c1cccc(C(=O)NC2CCCOCC2)c1. The largest absolute Gasteiger partial charge is 0.381 e. The Bertz CT molecular complexity index is 593. The molecule has 0 saturated carbocycles. The van der Waals surface area contributed by atoms with Crippen LogP contribution in [0.1, 0.15) is 29.6 Å². The van der Waals surface area contributed by atoms with Crippen LogP contribution in [0.25, 0.3) is 0 Å². The van der Waals surface area contributed by atoms with E-state index in [1.807, 2.05) is 0 Å². The zero-order chi connectivity index (χ0) is 15.3. The first kappa shape index (κ1) is 15.9. The molecule has 0 bridgehead atoms. The highest BCUT2D eigenvalue weighted by Crippen LogP contribution is 2.13. The van der Waals surface area contributed by atoms with Crippen LogP contribution in [0.5, 0.6) is 0 Å². The second-order valence-corrected chi connectivity index (χ2v) is 6.84. The van der Waals surface area contributed by atoms with Crippen LogP contribution in [-0.2, 0) is 14.8 Å². The minimum atomic E-state index is -3.54. The van der Waals surface area contributed by atoms with E-state index in [0.29, 0.717) is 12.2 Å². The number of carbonyl (C=O) groups is 1. The van der Waals surface area contributed by atoms with Crippen molar-refractivity contribution in [2.75, 3.05) is 20.3 Å². The van der Waals surface area contributed by atoms with Crippen LogP contribution in [0, 0.1) is 0 Å². The molecule has 2 rings (SSSR count). The summed E-state index contributed by atoms with van der Waals surface area (Å²) in [6.45, 7) is 1.36. The van der Waals surface area contributed by atoms with Gasteiger partial charge in [0.15, 0.2) is 0 Å². The van der Waals surface area contributed by atoms with Crippen LogP contribution >= 0.6 is 0 Å². The molecule has 1 aliphatic heterocycles. The molecule has 0 spiro atoms. The lowest BCUT2D eigenvalue weighted by Gasteiger charge is -2.15. The lowest BCUT2D eigenvalue weighted by Crippen LogP contribution is -2.35. The summed E-state index contributed by atoms with van der Waals surface area (Å²) in [6, 6.07) is 6.09. The van der Waals surface area contributed by atoms with Gasteiger partial charge in [-0.25, -0.2) is 13.1 Å². The molecule has 6 nitrogen and oxygen atoms in total. The number of benzene rings is 1. The van der Waals surface area contributed by atoms with Gasteiger partial charge in [-0.05, 0) is 44.5 Å². The summed E-state index contributed by atoms with van der Waals surface area (Å²) in [7, 11) is -2.20. The zero-order valence-corrected chi connectivity index (χ0v) is 12.8. The molecule has 1 heterocycles. The first-order valence-electron chi connectivity index (χ1n) is 6.95. The molecule has 0 aromatic heterocycles. The molecule has 0 radical (unpaired) electrons. The van der Waals surface area contributed by atoms with Crippen LogP contribution in [0.2, 0.25) is 0 Å². The second-order valence-electron chi connectivity index (χ2n) is 4.95.